The third kappa shape index (κ3) is 4.79. The normalized spacial score (nSPS) is 18.0. The molecule has 1 aliphatic rings. The smallest absolute Gasteiger partial charge is 0.273 e. The summed E-state index contributed by atoms with van der Waals surface area (Å²) in [5, 5.41) is 13.2. The lowest BCUT2D eigenvalue weighted by Gasteiger charge is -2.26. The van der Waals surface area contributed by atoms with Crippen molar-refractivity contribution in [3.63, 3.8) is 0 Å². The van der Waals surface area contributed by atoms with Crippen molar-refractivity contribution < 1.29 is 9.90 Å². The molecular formula is C18H24ClN3O2S. The number of thiazole rings is 1. The summed E-state index contributed by atoms with van der Waals surface area (Å²) in [7, 11) is 0. The third-order valence-corrected chi connectivity index (χ3v) is 5.36. The van der Waals surface area contributed by atoms with Crippen LogP contribution in [0.25, 0.3) is 0 Å². The quantitative estimate of drug-likeness (QED) is 0.806. The number of benzene rings is 1. The molecule has 1 saturated heterocycles. The first-order valence-electron chi connectivity index (χ1n) is 8.37. The van der Waals surface area contributed by atoms with Crippen LogP contribution in [0.2, 0.25) is 0 Å². The van der Waals surface area contributed by atoms with E-state index in [2.05, 4.69) is 4.98 Å². The molecular weight excluding hydrogens is 358 g/mol. The van der Waals surface area contributed by atoms with E-state index in [1.807, 2.05) is 40.6 Å². The largest absolute Gasteiger partial charge is 0.388 e. The molecule has 7 heteroatoms. The Kier molecular flexibility index (Phi) is 7.38. The summed E-state index contributed by atoms with van der Waals surface area (Å²) >= 11 is 1.49. The molecule has 1 amide bonds. The molecule has 0 bridgehead atoms. The number of nitrogens with two attached hydrogens (primary N) is 1. The molecule has 2 atom stereocenters. The minimum absolute atomic E-state index is 0. The van der Waals surface area contributed by atoms with Gasteiger partial charge in [0.2, 0.25) is 0 Å². The van der Waals surface area contributed by atoms with Crippen LogP contribution in [0.1, 0.15) is 46.4 Å². The lowest BCUT2D eigenvalue weighted by molar-refractivity contribution is 0.0662. The number of hydrogen-bond acceptors (Lipinski definition) is 5. The highest BCUT2D eigenvalue weighted by Gasteiger charge is 2.32. The lowest BCUT2D eigenvalue weighted by Crippen LogP contribution is -2.36. The fraction of sp³-hybridized carbons (Fsp3) is 0.444. The molecule has 0 saturated carbocycles. The van der Waals surface area contributed by atoms with E-state index < -0.39 is 6.10 Å². The zero-order valence-electron chi connectivity index (χ0n) is 14.0. The summed E-state index contributed by atoms with van der Waals surface area (Å²) in [4.78, 5) is 19.0. The Hall–Kier alpha value is -1.47. The lowest BCUT2D eigenvalue weighted by atomic mass is 10.0. The van der Waals surface area contributed by atoms with Crippen LogP contribution in [-0.4, -0.2) is 40.0 Å². The Morgan fingerprint density at radius 1 is 1.40 bits per heavy atom. The summed E-state index contributed by atoms with van der Waals surface area (Å²) in [6, 6.07) is 9.68. The van der Waals surface area contributed by atoms with Crippen LogP contribution in [0.15, 0.2) is 35.7 Å². The summed E-state index contributed by atoms with van der Waals surface area (Å²) in [5.41, 5.74) is 6.95. The Bertz CT molecular complexity index is 680. The first-order chi connectivity index (χ1) is 11.7. The number of carbonyl (C=O) groups is 1. The third-order valence-electron chi connectivity index (χ3n) is 4.45. The van der Waals surface area contributed by atoms with E-state index in [4.69, 9.17) is 5.73 Å². The molecule has 0 radical (unpaired) electrons. The molecule has 5 nitrogen and oxygen atoms in total. The van der Waals surface area contributed by atoms with Gasteiger partial charge in [-0.25, -0.2) is 4.98 Å². The van der Waals surface area contributed by atoms with Gasteiger partial charge in [-0.15, -0.1) is 23.7 Å². The molecule has 2 heterocycles. The van der Waals surface area contributed by atoms with E-state index >= 15 is 0 Å². The second kappa shape index (κ2) is 9.29. The van der Waals surface area contributed by atoms with Crippen molar-refractivity contribution >= 4 is 29.7 Å². The van der Waals surface area contributed by atoms with Crippen molar-refractivity contribution in [2.45, 2.75) is 37.8 Å². The number of nitrogens with zero attached hydrogens (tertiary/aromatic N) is 2. The van der Waals surface area contributed by atoms with Crippen molar-refractivity contribution in [1.29, 1.82) is 0 Å². The minimum Gasteiger partial charge on any atom is -0.388 e. The number of aliphatic hydroxyl groups excluding tert-OH is 1. The van der Waals surface area contributed by atoms with Gasteiger partial charge in [0, 0.05) is 24.4 Å². The minimum atomic E-state index is -0.548. The van der Waals surface area contributed by atoms with Crippen LogP contribution in [0.4, 0.5) is 0 Å². The van der Waals surface area contributed by atoms with Gasteiger partial charge >= 0.3 is 0 Å². The van der Waals surface area contributed by atoms with Crippen LogP contribution in [0, 0.1) is 0 Å². The van der Waals surface area contributed by atoms with Crippen LogP contribution in [-0.2, 0) is 6.42 Å². The maximum Gasteiger partial charge on any atom is 0.273 e. The van der Waals surface area contributed by atoms with Crippen molar-refractivity contribution in [3.05, 3.63) is 52.0 Å². The molecule has 1 fully saturated rings. The number of rotatable bonds is 6. The molecule has 1 aromatic heterocycles. The number of likely N-dealkylation sites (tertiary alicyclic amines) is 1. The van der Waals surface area contributed by atoms with Gasteiger partial charge in [0.1, 0.15) is 5.69 Å². The fourth-order valence-corrected chi connectivity index (χ4v) is 4.00. The van der Waals surface area contributed by atoms with E-state index in [9.17, 15) is 9.90 Å². The number of amides is 1. The Balaban J connectivity index is 0.00000225. The van der Waals surface area contributed by atoms with Gasteiger partial charge in [0.05, 0.1) is 11.1 Å². The van der Waals surface area contributed by atoms with Gasteiger partial charge in [-0.05, 0) is 31.4 Å². The second-order valence-corrected chi connectivity index (χ2v) is 7.06. The van der Waals surface area contributed by atoms with Gasteiger partial charge in [-0.3, -0.25) is 4.79 Å². The molecule has 0 aliphatic carbocycles. The summed E-state index contributed by atoms with van der Waals surface area (Å²) < 4.78 is 0. The number of hydrogen-bond donors (Lipinski definition) is 2. The first-order valence-corrected chi connectivity index (χ1v) is 9.25. The SMILES string of the molecule is Cl.NCCc1nc(C(=O)N2CCCC2CC(O)c2ccccc2)cs1. The Morgan fingerprint density at radius 2 is 2.16 bits per heavy atom. The average molecular weight is 382 g/mol. The number of carbonyl (C=O) groups excluding carboxylic acids is 1. The summed E-state index contributed by atoms with van der Waals surface area (Å²) in [6.45, 7) is 1.27. The standard InChI is InChI=1S/C18H23N3O2S.ClH/c19-9-8-17-20-15(12-24-17)18(23)21-10-4-7-14(21)11-16(22)13-5-2-1-3-6-13;/h1-3,5-6,12,14,16,22H,4,7-11,19H2;1H. The summed E-state index contributed by atoms with van der Waals surface area (Å²) in [6.07, 6.45) is 2.62. The van der Waals surface area contributed by atoms with Crippen LogP contribution < -0.4 is 5.73 Å². The number of aromatic nitrogens is 1. The van der Waals surface area contributed by atoms with Crippen molar-refractivity contribution in [2.24, 2.45) is 5.73 Å². The predicted molar refractivity (Wildman–Crippen MR) is 102 cm³/mol. The Morgan fingerprint density at radius 3 is 2.88 bits per heavy atom. The van der Waals surface area contributed by atoms with E-state index in [1.54, 1.807) is 0 Å². The van der Waals surface area contributed by atoms with Gasteiger partial charge in [0.25, 0.3) is 5.91 Å². The maximum absolute atomic E-state index is 12.8. The summed E-state index contributed by atoms with van der Waals surface area (Å²) in [5.74, 6) is -0.0303. The molecule has 2 unspecified atom stereocenters. The van der Waals surface area contributed by atoms with Gasteiger partial charge in [-0.1, -0.05) is 30.3 Å². The van der Waals surface area contributed by atoms with Crippen molar-refractivity contribution in [2.75, 3.05) is 13.1 Å². The van der Waals surface area contributed by atoms with Gasteiger partial charge in [-0.2, -0.15) is 0 Å². The van der Waals surface area contributed by atoms with E-state index in [-0.39, 0.29) is 24.4 Å². The van der Waals surface area contributed by atoms with Crippen molar-refractivity contribution in [3.8, 4) is 0 Å². The molecule has 136 valence electrons. The Labute approximate surface area is 158 Å². The monoisotopic (exact) mass is 381 g/mol. The molecule has 1 aliphatic heterocycles. The first kappa shape index (κ1) is 19.8. The van der Waals surface area contributed by atoms with E-state index in [0.717, 1.165) is 30.0 Å². The number of aliphatic hydroxyl groups is 1. The van der Waals surface area contributed by atoms with Crippen molar-refractivity contribution in [1.82, 2.24) is 9.88 Å². The number of halogens is 1. The maximum atomic E-state index is 12.8. The molecule has 3 N–H and O–H groups in total. The highest BCUT2D eigenvalue weighted by molar-refractivity contribution is 7.09. The molecule has 1 aromatic carbocycles. The van der Waals surface area contributed by atoms with E-state index in [0.29, 0.717) is 25.1 Å². The molecule has 0 spiro atoms. The van der Waals surface area contributed by atoms with Crippen LogP contribution in [0.5, 0.6) is 0 Å². The molecule has 3 rings (SSSR count). The van der Waals surface area contributed by atoms with E-state index in [1.165, 1.54) is 11.3 Å². The zero-order valence-corrected chi connectivity index (χ0v) is 15.6. The van der Waals surface area contributed by atoms with Crippen LogP contribution in [0.3, 0.4) is 0 Å². The zero-order chi connectivity index (χ0) is 16.9. The molecule has 25 heavy (non-hydrogen) atoms. The van der Waals surface area contributed by atoms with Gasteiger partial charge < -0.3 is 15.7 Å². The van der Waals surface area contributed by atoms with Crippen LogP contribution >= 0.6 is 23.7 Å². The molecule has 2 aromatic rings. The predicted octanol–water partition coefficient (Wildman–Crippen LogP) is 2.79. The highest BCUT2D eigenvalue weighted by Crippen LogP contribution is 2.28. The second-order valence-electron chi connectivity index (χ2n) is 6.12. The topological polar surface area (TPSA) is 79.5 Å². The fourth-order valence-electron chi connectivity index (χ4n) is 3.21. The average Bonchev–Trinajstić information content (AvgIpc) is 3.25. The highest BCUT2D eigenvalue weighted by atomic mass is 35.5. The van der Waals surface area contributed by atoms with Gasteiger partial charge in [0.15, 0.2) is 0 Å².